The van der Waals surface area contributed by atoms with Gasteiger partial charge < -0.3 is 15.8 Å². The summed E-state index contributed by atoms with van der Waals surface area (Å²) < 4.78 is 12.8. The van der Waals surface area contributed by atoms with Crippen molar-refractivity contribution in [3.8, 4) is 0 Å². The molecule has 0 aliphatic heterocycles. The van der Waals surface area contributed by atoms with Gasteiger partial charge in [0.2, 0.25) is 0 Å². The van der Waals surface area contributed by atoms with Gasteiger partial charge in [-0.1, -0.05) is 0 Å². The summed E-state index contributed by atoms with van der Waals surface area (Å²) in [4.78, 5) is 6.90. The third kappa shape index (κ3) is 1.98. The van der Waals surface area contributed by atoms with Gasteiger partial charge in [-0.25, -0.2) is 4.39 Å². The average molecular weight is 209 g/mol. The van der Waals surface area contributed by atoms with E-state index in [9.17, 15) is 4.39 Å². The lowest BCUT2D eigenvalue weighted by Gasteiger charge is -2.05. The molecule has 0 aliphatic carbocycles. The number of hydrogen-bond acceptors (Lipinski definition) is 3. The van der Waals surface area contributed by atoms with Gasteiger partial charge in [0.1, 0.15) is 5.82 Å². The molecule has 80 valence electrons. The Hall–Kier alpha value is -1.46. The molecule has 2 aromatic heterocycles. The third-order valence-corrected chi connectivity index (χ3v) is 2.30. The maximum Gasteiger partial charge on any atom is 0.143 e. The van der Waals surface area contributed by atoms with Crippen molar-refractivity contribution < 1.29 is 9.50 Å². The van der Waals surface area contributed by atoms with E-state index in [1.807, 2.05) is 0 Å². The first-order valence-corrected chi connectivity index (χ1v) is 4.71. The second kappa shape index (κ2) is 3.96. The predicted molar refractivity (Wildman–Crippen MR) is 54.7 cm³/mol. The molecule has 1 unspecified atom stereocenters. The Kier molecular flexibility index (Phi) is 2.66. The van der Waals surface area contributed by atoms with Gasteiger partial charge in [-0.05, 0) is 12.5 Å². The number of H-pyrrole nitrogens is 1. The van der Waals surface area contributed by atoms with Crippen LogP contribution in [0.25, 0.3) is 11.0 Å². The molecule has 0 saturated carbocycles. The molecule has 1 atom stereocenters. The summed E-state index contributed by atoms with van der Waals surface area (Å²) in [6, 6.07) is 2.87. The number of pyridine rings is 1. The number of nitrogens with one attached hydrogen (secondary N) is 1. The predicted octanol–water partition coefficient (Wildman–Crippen LogP) is 1.08. The van der Waals surface area contributed by atoms with Crippen molar-refractivity contribution in [1.29, 1.82) is 0 Å². The molecule has 2 heterocycles. The fraction of sp³-hybridized carbons (Fsp3) is 0.300. The Bertz CT molecular complexity index is 469. The Balaban J connectivity index is 2.38. The first kappa shape index (κ1) is 10.1. The van der Waals surface area contributed by atoms with E-state index in [0.717, 1.165) is 11.9 Å². The Morgan fingerprint density at radius 3 is 3.07 bits per heavy atom. The molecule has 0 aliphatic rings. The molecular formula is C10H12FN3O. The van der Waals surface area contributed by atoms with Crippen LogP contribution in [-0.4, -0.2) is 21.7 Å². The van der Waals surface area contributed by atoms with Crippen LogP contribution in [0, 0.1) is 5.82 Å². The molecule has 0 fully saturated rings. The lowest BCUT2D eigenvalue weighted by atomic mass is 10.2. The van der Waals surface area contributed by atoms with Gasteiger partial charge in [-0.15, -0.1) is 0 Å². The first-order valence-electron chi connectivity index (χ1n) is 4.71. The standard InChI is InChI=1S/C10H12FN3O/c11-6-3-10-9(13-5-6)4-8(14-10)7(12)1-2-15/h3-5,7,14-15H,1-2,12H2. The second-order valence-electron chi connectivity index (χ2n) is 3.43. The van der Waals surface area contributed by atoms with Crippen molar-refractivity contribution in [3.63, 3.8) is 0 Å². The molecule has 2 rings (SSSR count). The summed E-state index contributed by atoms with van der Waals surface area (Å²) in [5, 5.41) is 8.75. The Morgan fingerprint density at radius 1 is 1.53 bits per heavy atom. The largest absolute Gasteiger partial charge is 0.396 e. The number of rotatable bonds is 3. The molecule has 0 radical (unpaired) electrons. The van der Waals surface area contributed by atoms with Gasteiger partial charge in [0, 0.05) is 24.4 Å². The number of hydrogen-bond donors (Lipinski definition) is 3. The number of fused-ring (bicyclic) bond motifs is 1. The van der Waals surface area contributed by atoms with Crippen LogP contribution in [0.1, 0.15) is 18.2 Å². The third-order valence-electron chi connectivity index (χ3n) is 2.30. The smallest absolute Gasteiger partial charge is 0.143 e. The molecule has 0 amide bonds. The van der Waals surface area contributed by atoms with Crippen molar-refractivity contribution in [1.82, 2.24) is 9.97 Å². The minimum absolute atomic E-state index is 0.0261. The van der Waals surface area contributed by atoms with Crippen molar-refractivity contribution in [3.05, 3.63) is 29.8 Å². The second-order valence-corrected chi connectivity index (χ2v) is 3.43. The zero-order valence-corrected chi connectivity index (χ0v) is 8.07. The van der Waals surface area contributed by atoms with Crippen LogP contribution in [-0.2, 0) is 0 Å². The van der Waals surface area contributed by atoms with Crippen LogP contribution < -0.4 is 5.73 Å². The van der Waals surface area contributed by atoms with Gasteiger partial charge in [-0.2, -0.15) is 0 Å². The topological polar surface area (TPSA) is 74.9 Å². The fourth-order valence-electron chi connectivity index (χ4n) is 1.50. The maximum absolute atomic E-state index is 12.8. The Morgan fingerprint density at radius 2 is 2.33 bits per heavy atom. The normalized spacial score (nSPS) is 13.3. The highest BCUT2D eigenvalue weighted by Gasteiger charge is 2.09. The van der Waals surface area contributed by atoms with E-state index >= 15 is 0 Å². The van der Waals surface area contributed by atoms with Crippen molar-refractivity contribution in [2.75, 3.05) is 6.61 Å². The minimum atomic E-state index is -0.383. The van der Waals surface area contributed by atoms with Crippen molar-refractivity contribution in [2.24, 2.45) is 5.73 Å². The molecule has 2 aromatic rings. The molecule has 0 spiro atoms. The summed E-state index contributed by atoms with van der Waals surface area (Å²) in [5.74, 6) is -0.383. The van der Waals surface area contributed by atoms with E-state index in [4.69, 9.17) is 10.8 Å². The van der Waals surface area contributed by atoms with E-state index < -0.39 is 0 Å². The minimum Gasteiger partial charge on any atom is -0.396 e. The molecule has 15 heavy (non-hydrogen) atoms. The summed E-state index contributed by atoms with van der Waals surface area (Å²) in [6.45, 7) is 0.0261. The van der Waals surface area contributed by atoms with Gasteiger partial charge in [0.25, 0.3) is 0 Å². The van der Waals surface area contributed by atoms with Crippen molar-refractivity contribution in [2.45, 2.75) is 12.5 Å². The number of nitrogens with two attached hydrogens (primary N) is 1. The van der Waals surface area contributed by atoms with Crippen LogP contribution >= 0.6 is 0 Å². The van der Waals surface area contributed by atoms with Crippen LogP contribution in [0.15, 0.2) is 18.3 Å². The lowest BCUT2D eigenvalue weighted by Crippen LogP contribution is -2.11. The number of aromatic nitrogens is 2. The molecule has 0 aromatic carbocycles. The number of aliphatic hydroxyl groups is 1. The van der Waals surface area contributed by atoms with Gasteiger partial charge >= 0.3 is 0 Å². The number of aromatic amines is 1. The van der Waals surface area contributed by atoms with E-state index in [2.05, 4.69) is 9.97 Å². The maximum atomic E-state index is 12.8. The van der Waals surface area contributed by atoms with Gasteiger partial charge in [0.15, 0.2) is 0 Å². The molecule has 4 N–H and O–H groups in total. The van der Waals surface area contributed by atoms with Gasteiger partial charge in [-0.3, -0.25) is 4.98 Å². The van der Waals surface area contributed by atoms with E-state index in [1.165, 1.54) is 6.07 Å². The first-order chi connectivity index (χ1) is 7.20. The number of aliphatic hydroxyl groups excluding tert-OH is 1. The van der Waals surface area contributed by atoms with E-state index in [1.54, 1.807) is 6.07 Å². The van der Waals surface area contributed by atoms with E-state index in [-0.39, 0.29) is 18.5 Å². The SMILES string of the molecule is NC(CCO)c1cc2ncc(F)cc2[nH]1. The summed E-state index contributed by atoms with van der Waals surface area (Å²) >= 11 is 0. The van der Waals surface area contributed by atoms with Crippen LogP contribution in [0.4, 0.5) is 4.39 Å². The highest BCUT2D eigenvalue weighted by atomic mass is 19.1. The van der Waals surface area contributed by atoms with Crippen LogP contribution in [0.3, 0.4) is 0 Å². The van der Waals surface area contributed by atoms with Crippen molar-refractivity contribution >= 4 is 11.0 Å². The molecule has 4 nitrogen and oxygen atoms in total. The quantitative estimate of drug-likeness (QED) is 0.708. The highest BCUT2D eigenvalue weighted by molar-refractivity contribution is 5.75. The molecule has 0 saturated heterocycles. The molecule has 5 heteroatoms. The highest BCUT2D eigenvalue weighted by Crippen LogP contribution is 2.19. The monoisotopic (exact) mass is 209 g/mol. The summed E-state index contributed by atoms with van der Waals surface area (Å²) in [7, 11) is 0. The zero-order valence-electron chi connectivity index (χ0n) is 8.07. The molecular weight excluding hydrogens is 197 g/mol. The van der Waals surface area contributed by atoms with Gasteiger partial charge in [0.05, 0.1) is 17.2 Å². The molecule has 0 bridgehead atoms. The van der Waals surface area contributed by atoms with Crippen LogP contribution in [0.2, 0.25) is 0 Å². The van der Waals surface area contributed by atoms with Crippen LogP contribution in [0.5, 0.6) is 0 Å². The lowest BCUT2D eigenvalue weighted by molar-refractivity contribution is 0.276. The number of nitrogens with zero attached hydrogens (tertiary/aromatic N) is 1. The van der Waals surface area contributed by atoms with E-state index in [0.29, 0.717) is 17.5 Å². The Labute approximate surface area is 85.9 Å². The summed E-state index contributed by atoms with van der Waals surface area (Å²) in [5.41, 5.74) is 7.86. The zero-order chi connectivity index (χ0) is 10.8. The summed E-state index contributed by atoms with van der Waals surface area (Å²) in [6.07, 6.45) is 1.63. The number of halogens is 1. The fourth-order valence-corrected chi connectivity index (χ4v) is 1.50. The average Bonchev–Trinajstić information content (AvgIpc) is 2.60.